The molecule has 0 bridgehead atoms. The van der Waals surface area contributed by atoms with Crippen LogP contribution in [0.3, 0.4) is 0 Å². The van der Waals surface area contributed by atoms with Gasteiger partial charge in [0.05, 0.1) is 12.7 Å². The Balaban J connectivity index is 1.68. The first-order valence-corrected chi connectivity index (χ1v) is 8.43. The second-order valence-corrected chi connectivity index (χ2v) is 5.99. The third-order valence-corrected chi connectivity index (χ3v) is 4.07. The lowest BCUT2D eigenvalue weighted by atomic mass is 10.2. The van der Waals surface area contributed by atoms with Crippen LogP contribution in [0.1, 0.15) is 10.4 Å². The van der Waals surface area contributed by atoms with Crippen LogP contribution in [0.5, 0.6) is 5.75 Å². The van der Waals surface area contributed by atoms with E-state index in [0.717, 1.165) is 5.75 Å². The molecule has 0 atom stereocenters. The minimum Gasteiger partial charge on any atom is -0.484 e. The Labute approximate surface area is 145 Å². The average molecular weight is 345 g/mol. The molecule has 0 saturated heterocycles. The molecule has 24 heavy (non-hydrogen) atoms. The SMILES string of the molecule is COC(=O)c1cccc(OCC(=O)NCCSc2ccccc2)c1. The Morgan fingerprint density at radius 2 is 1.88 bits per heavy atom. The molecule has 2 aromatic rings. The molecule has 2 aromatic carbocycles. The number of ether oxygens (including phenoxy) is 2. The Bertz CT molecular complexity index is 676. The summed E-state index contributed by atoms with van der Waals surface area (Å²) in [5, 5.41) is 2.80. The molecule has 0 heterocycles. The first kappa shape index (κ1) is 17.9. The fourth-order valence-electron chi connectivity index (χ4n) is 1.91. The van der Waals surface area contributed by atoms with E-state index in [-0.39, 0.29) is 12.5 Å². The lowest BCUT2D eigenvalue weighted by Crippen LogP contribution is -2.30. The zero-order chi connectivity index (χ0) is 17.2. The van der Waals surface area contributed by atoms with Crippen LogP contribution in [0.4, 0.5) is 0 Å². The summed E-state index contributed by atoms with van der Waals surface area (Å²) in [5.74, 6) is 0.592. The van der Waals surface area contributed by atoms with E-state index in [1.165, 1.54) is 12.0 Å². The van der Waals surface area contributed by atoms with Crippen LogP contribution in [-0.4, -0.2) is 37.9 Å². The summed E-state index contributed by atoms with van der Waals surface area (Å²) in [6.07, 6.45) is 0. The van der Waals surface area contributed by atoms with Crippen molar-refractivity contribution >= 4 is 23.6 Å². The standard InChI is InChI=1S/C18H19NO4S/c1-22-18(21)14-6-5-7-15(12-14)23-13-17(20)19-10-11-24-16-8-3-2-4-9-16/h2-9,12H,10-11,13H2,1H3,(H,19,20). The third kappa shape index (κ3) is 5.96. The molecule has 0 aliphatic heterocycles. The molecular formula is C18H19NO4S. The number of nitrogens with one attached hydrogen (secondary N) is 1. The number of esters is 1. The van der Waals surface area contributed by atoms with Gasteiger partial charge in [-0.2, -0.15) is 0 Å². The van der Waals surface area contributed by atoms with Crippen molar-refractivity contribution in [2.75, 3.05) is 26.0 Å². The Morgan fingerprint density at radius 3 is 2.62 bits per heavy atom. The number of carbonyl (C=O) groups is 2. The minimum atomic E-state index is -0.442. The summed E-state index contributed by atoms with van der Waals surface area (Å²) < 4.78 is 10.0. The van der Waals surface area contributed by atoms with E-state index in [9.17, 15) is 9.59 Å². The number of hydrogen-bond acceptors (Lipinski definition) is 5. The smallest absolute Gasteiger partial charge is 0.337 e. The van der Waals surface area contributed by atoms with Crippen molar-refractivity contribution in [2.45, 2.75) is 4.90 Å². The van der Waals surface area contributed by atoms with Gasteiger partial charge in [-0.25, -0.2) is 4.79 Å². The normalized spacial score (nSPS) is 10.0. The predicted molar refractivity (Wildman–Crippen MR) is 93.5 cm³/mol. The molecule has 0 radical (unpaired) electrons. The van der Waals surface area contributed by atoms with Crippen LogP contribution < -0.4 is 10.1 Å². The number of thioether (sulfide) groups is 1. The van der Waals surface area contributed by atoms with Gasteiger partial charge in [-0.1, -0.05) is 24.3 Å². The number of benzene rings is 2. The van der Waals surface area contributed by atoms with Crippen LogP contribution in [-0.2, 0) is 9.53 Å². The van der Waals surface area contributed by atoms with Gasteiger partial charge in [0, 0.05) is 17.2 Å². The van der Waals surface area contributed by atoms with Gasteiger partial charge in [0.25, 0.3) is 5.91 Å². The second kappa shape index (κ2) is 9.62. The molecule has 0 saturated carbocycles. The first-order valence-electron chi connectivity index (χ1n) is 7.45. The van der Waals surface area contributed by atoms with Gasteiger partial charge < -0.3 is 14.8 Å². The summed E-state index contributed by atoms with van der Waals surface area (Å²) in [7, 11) is 1.32. The number of rotatable bonds is 8. The van der Waals surface area contributed by atoms with Crippen molar-refractivity contribution in [1.29, 1.82) is 0 Å². The lowest BCUT2D eigenvalue weighted by Gasteiger charge is -2.08. The van der Waals surface area contributed by atoms with E-state index >= 15 is 0 Å². The fourth-order valence-corrected chi connectivity index (χ4v) is 2.70. The van der Waals surface area contributed by atoms with Crippen molar-refractivity contribution in [3.05, 3.63) is 60.2 Å². The van der Waals surface area contributed by atoms with E-state index in [1.807, 2.05) is 30.3 Å². The van der Waals surface area contributed by atoms with Crippen molar-refractivity contribution in [1.82, 2.24) is 5.32 Å². The molecule has 1 N–H and O–H groups in total. The largest absolute Gasteiger partial charge is 0.484 e. The molecule has 0 aromatic heterocycles. The highest BCUT2D eigenvalue weighted by Crippen LogP contribution is 2.16. The van der Waals surface area contributed by atoms with Crippen molar-refractivity contribution in [3.8, 4) is 5.75 Å². The molecule has 5 nitrogen and oxygen atoms in total. The molecule has 0 spiro atoms. The van der Waals surface area contributed by atoms with E-state index in [0.29, 0.717) is 17.9 Å². The van der Waals surface area contributed by atoms with E-state index in [1.54, 1.807) is 36.0 Å². The quantitative estimate of drug-likeness (QED) is 0.453. The van der Waals surface area contributed by atoms with Gasteiger partial charge in [0.15, 0.2) is 6.61 Å². The monoisotopic (exact) mass is 345 g/mol. The highest BCUT2D eigenvalue weighted by molar-refractivity contribution is 7.99. The van der Waals surface area contributed by atoms with E-state index in [2.05, 4.69) is 10.1 Å². The summed E-state index contributed by atoms with van der Waals surface area (Å²) >= 11 is 1.68. The lowest BCUT2D eigenvalue weighted by molar-refractivity contribution is -0.122. The second-order valence-electron chi connectivity index (χ2n) is 4.82. The van der Waals surface area contributed by atoms with Gasteiger partial charge in [-0.3, -0.25) is 4.79 Å². The molecule has 0 aliphatic rings. The summed E-state index contributed by atoms with van der Waals surface area (Å²) in [5.41, 5.74) is 0.384. The van der Waals surface area contributed by atoms with Gasteiger partial charge >= 0.3 is 5.97 Å². The minimum absolute atomic E-state index is 0.0966. The Kier molecular flexibility index (Phi) is 7.17. The van der Waals surface area contributed by atoms with Crippen LogP contribution in [0.2, 0.25) is 0 Å². The van der Waals surface area contributed by atoms with E-state index in [4.69, 9.17) is 4.74 Å². The molecule has 6 heteroatoms. The molecule has 1 amide bonds. The van der Waals surface area contributed by atoms with Crippen molar-refractivity contribution in [2.24, 2.45) is 0 Å². The Hall–Kier alpha value is -2.47. The van der Waals surface area contributed by atoms with Gasteiger partial charge in [-0.05, 0) is 30.3 Å². The number of amides is 1. The first-order chi connectivity index (χ1) is 11.7. The molecule has 0 fully saturated rings. The molecular weight excluding hydrogens is 326 g/mol. The fraction of sp³-hybridized carbons (Fsp3) is 0.222. The maximum Gasteiger partial charge on any atom is 0.337 e. The maximum absolute atomic E-state index is 11.8. The predicted octanol–water partition coefficient (Wildman–Crippen LogP) is 2.76. The highest BCUT2D eigenvalue weighted by Gasteiger charge is 2.07. The van der Waals surface area contributed by atoms with Crippen LogP contribution in [0.15, 0.2) is 59.5 Å². The van der Waals surface area contributed by atoms with Crippen LogP contribution >= 0.6 is 11.8 Å². The van der Waals surface area contributed by atoms with Gasteiger partial charge in [-0.15, -0.1) is 11.8 Å². The number of carbonyl (C=O) groups excluding carboxylic acids is 2. The van der Waals surface area contributed by atoms with Crippen LogP contribution in [0, 0.1) is 0 Å². The zero-order valence-corrected chi connectivity index (χ0v) is 14.2. The summed E-state index contributed by atoms with van der Waals surface area (Å²) in [4.78, 5) is 24.4. The van der Waals surface area contributed by atoms with Gasteiger partial charge in [0.1, 0.15) is 5.75 Å². The molecule has 0 unspecified atom stereocenters. The van der Waals surface area contributed by atoms with Crippen LogP contribution in [0.25, 0.3) is 0 Å². The average Bonchev–Trinajstić information content (AvgIpc) is 2.64. The van der Waals surface area contributed by atoms with E-state index < -0.39 is 5.97 Å². The summed E-state index contributed by atoms with van der Waals surface area (Å²) in [6.45, 7) is 0.463. The topological polar surface area (TPSA) is 64.6 Å². The summed E-state index contributed by atoms with van der Waals surface area (Å²) in [6, 6.07) is 16.5. The van der Waals surface area contributed by atoms with Gasteiger partial charge in [0.2, 0.25) is 0 Å². The Morgan fingerprint density at radius 1 is 1.08 bits per heavy atom. The number of hydrogen-bond donors (Lipinski definition) is 1. The highest BCUT2D eigenvalue weighted by atomic mass is 32.2. The van der Waals surface area contributed by atoms with Crippen molar-refractivity contribution < 1.29 is 19.1 Å². The third-order valence-electron chi connectivity index (χ3n) is 3.06. The zero-order valence-electron chi connectivity index (χ0n) is 13.4. The molecule has 2 rings (SSSR count). The maximum atomic E-state index is 11.8. The molecule has 126 valence electrons. The number of methoxy groups -OCH3 is 1. The molecule has 0 aliphatic carbocycles. The van der Waals surface area contributed by atoms with Crippen molar-refractivity contribution in [3.63, 3.8) is 0 Å².